The third-order valence-corrected chi connectivity index (χ3v) is 6.97. The van der Waals surface area contributed by atoms with E-state index < -0.39 is 0 Å². The molecule has 1 fully saturated rings. The van der Waals surface area contributed by atoms with Gasteiger partial charge in [0.15, 0.2) is 5.11 Å². The zero-order chi connectivity index (χ0) is 22.1. The molecule has 0 aliphatic carbocycles. The van der Waals surface area contributed by atoms with Crippen molar-refractivity contribution in [3.05, 3.63) is 112 Å². The predicted octanol–water partition coefficient (Wildman–Crippen LogP) is 5.57. The quantitative estimate of drug-likeness (QED) is 0.360. The average molecular weight is 504 g/mol. The second-order valence-corrected chi connectivity index (χ2v) is 9.09. The first kappa shape index (κ1) is 20.8. The first-order valence-electron chi connectivity index (χ1n) is 10.4. The van der Waals surface area contributed by atoms with Gasteiger partial charge in [-0.25, -0.2) is 0 Å². The number of halogens is 1. The van der Waals surface area contributed by atoms with Crippen LogP contribution in [-0.4, -0.2) is 19.6 Å². The molecule has 5 nitrogen and oxygen atoms in total. The van der Waals surface area contributed by atoms with Crippen molar-refractivity contribution in [2.24, 2.45) is 0 Å². The van der Waals surface area contributed by atoms with Crippen molar-refractivity contribution >= 4 is 38.9 Å². The summed E-state index contributed by atoms with van der Waals surface area (Å²) in [6, 6.07) is 20.6. The van der Waals surface area contributed by atoms with E-state index in [-0.39, 0.29) is 12.1 Å². The summed E-state index contributed by atoms with van der Waals surface area (Å²) in [6.07, 6.45) is 7.66. The van der Waals surface area contributed by atoms with Gasteiger partial charge in [-0.3, -0.25) is 9.97 Å². The Morgan fingerprint density at radius 3 is 2.72 bits per heavy atom. The highest BCUT2D eigenvalue weighted by Gasteiger charge is 2.42. The Hall–Kier alpha value is -3.03. The van der Waals surface area contributed by atoms with Crippen LogP contribution in [0.15, 0.2) is 89.9 Å². The highest BCUT2D eigenvalue weighted by atomic mass is 79.9. The standard InChI is InChI=1S/C25H22BrN5S/c1-17-14-19(9-10-20(17)26)31-24(23(29-25(31)32)21-7-2-3-12-28-21)22-8-5-13-30(22)16-18-6-4-11-27-15-18/h2-15,23-24H,16H2,1H3,(H,29,32)/t23-,24+/m0/s1. The molecular formula is C25H22BrN5S. The Balaban J connectivity index is 1.61. The molecule has 1 aliphatic heterocycles. The lowest BCUT2D eigenvalue weighted by Gasteiger charge is -2.29. The van der Waals surface area contributed by atoms with Crippen LogP contribution in [0.5, 0.6) is 0 Å². The molecule has 0 amide bonds. The van der Waals surface area contributed by atoms with Gasteiger partial charge in [-0.15, -0.1) is 0 Å². The van der Waals surface area contributed by atoms with Crippen molar-refractivity contribution in [3.63, 3.8) is 0 Å². The van der Waals surface area contributed by atoms with Gasteiger partial charge >= 0.3 is 0 Å². The lowest BCUT2D eigenvalue weighted by molar-refractivity contribution is 0.533. The molecule has 1 aromatic carbocycles. The summed E-state index contributed by atoms with van der Waals surface area (Å²) in [5, 5.41) is 4.24. The number of anilines is 1. The first-order chi connectivity index (χ1) is 15.6. The van der Waals surface area contributed by atoms with Gasteiger partial charge in [0.2, 0.25) is 0 Å². The fourth-order valence-electron chi connectivity index (χ4n) is 4.24. The van der Waals surface area contributed by atoms with Gasteiger partial charge in [-0.2, -0.15) is 0 Å². The summed E-state index contributed by atoms with van der Waals surface area (Å²) in [7, 11) is 0. The molecule has 4 heterocycles. The molecular weight excluding hydrogens is 482 g/mol. The van der Waals surface area contributed by atoms with E-state index in [9.17, 15) is 0 Å². The number of pyridine rings is 2. The number of aromatic nitrogens is 3. The molecule has 0 radical (unpaired) electrons. The third-order valence-electron chi connectivity index (χ3n) is 5.76. The van der Waals surface area contributed by atoms with Gasteiger partial charge in [0, 0.05) is 47.2 Å². The summed E-state index contributed by atoms with van der Waals surface area (Å²) in [4.78, 5) is 11.1. The van der Waals surface area contributed by atoms with Crippen molar-refractivity contribution in [2.75, 3.05) is 4.90 Å². The van der Waals surface area contributed by atoms with Crippen LogP contribution in [0.25, 0.3) is 0 Å². The molecule has 0 spiro atoms. The number of rotatable bonds is 5. The average Bonchev–Trinajstić information content (AvgIpc) is 3.40. The van der Waals surface area contributed by atoms with Crippen LogP contribution >= 0.6 is 28.1 Å². The van der Waals surface area contributed by atoms with Crippen LogP contribution in [0, 0.1) is 6.92 Å². The minimum absolute atomic E-state index is 0.0513. The number of nitrogens with zero attached hydrogens (tertiary/aromatic N) is 4. The molecule has 32 heavy (non-hydrogen) atoms. The van der Waals surface area contributed by atoms with Crippen LogP contribution in [0.2, 0.25) is 0 Å². The molecule has 1 N–H and O–H groups in total. The fraction of sp³-hybridized carbons (Fsp3) is 0.160. The van der Waals surface area contributed by atoms with Crippen LogP contribution in [0.1, 0.15) is 34.6 Å². The van der Waals surface area contributed by atoms with Crippen LogP contribution < -0.4 is 10.2 Å². The SMILES string of the molecule is Cc1cc(N2C(=S)N[C@@H](c3ccccn3)[C@H]2c2cccn2Cc2cccnc2)ccc1Br. The maximum Gasteiger partial charge on any atom is 0.174 e. The molecule has 7 heteroatoms. The van der Waals surface area contributed by atoms with E-state index in [2.05, 4.69) is 96.3 Å². The largest absolute Gasteiger partial charge is 0.351 e. The van der Waals surface area contributed by atoms with Crippen molar-refractivity contribution in [1.82, 2.24) is 19.9 Å². The van der Waals surface area contributed by atoms with Gasteiger partial charge in [0.1, 0.15) is 6.04 Å². The summed E-state index contributed by atoms with van der Waals surface area (Å²) < 4.78 is 3.35. The van der Waals surface area contributed by atoms with Crippen LogP contribution in [0.4, 0.5) is 5.69 Å². The molecule has 0 bridgehead atoms. The zero-order valence-corrected chi connectivity index (χ0v) is 19.9. The van der Waals surface area contributed by atoms with E-state index in [4.69, 9.17) is 12.2 Å². The summed E-state index contributed by atoms with van der Waals surface area (Å²) in [5.74, 6) is 0. The molecule has 0 saturated carbocycles. The highest BCUT2D eigenvalue weighted by molar-refractivity contribution is 9.10. The zero-order valence-electron chi connectivity index (χ0n) is 17.5. The normalized spacial score (nSPS) is 18.1. The van der Waals surface area contributed by atoms with E-state index in [0.717, 1.165) is 39.2 Å². The number of aryl methyl sites for hydroxylation is 1. The first-order valence-corrected chi connectivity index (χ1v) is 11.6. The minimum atomic E-state index is -0.0739. The number of hydrogen-bond donors (Lipinski definition) is 1. The van der Waals surface area contributed by atoms with E-state index >= 15 is 0 Å². The fourth-order valence-corrected chi connectivity index (χ4v) is 4.83. The third kappa shape index (κ3) is 3.94. The molecule has 160 valence electrons. The Labute approximate surface area is 201 Å². The molecule has 0 unspecified atom stereocenters. The smallest absolute Gasteiger partial charge is 0.174 e. The molecule has 5 rings (SSSR count). The summed E-state index contributed by atoms with van der Waals surface area (Å²) in [5.41, 5.74) is 5.50. The van der Waals surface area contributed by atoms with E-state index in [1.807, 2.05) is 30.6 Å². The Kier molecular flexibility index (Phi) is 5.76. The Morgan fingerprint density at radius 1 is 1.06 bits per heavy atom. The van der Waals surface area contributed by atoms with Gasteiger partial charge in [0.05, 0.1) is 11.7 Å². The van der Waals surface area contributed by atoms with E-state index in [1.54, 1.807) is 6.20 Å². The monoisotopic (exact) mass is 503 g/mol. The molecule has 2 atom stereocenters. The molecule has 4 aromatic rings. The van der Waals surface area contributed by atoms with Gasteiger partial charge in [-0.05, 0) is 78.8 Å². The number of thiocarbonyl (C=S) groups is 1. The lowest BCUT2D eigenvalue weighted by Crippen LogP contribution is -2.30. The Morgan fingerprint density at radius 2 is 1.97 bits per heavy atom. The number of nitrogens with one attached hydrogen (secondary N) is 1. The van der Waals surface area contributed by atoms with E-state index in [1.165, 1.54) is 0 Å². The van der Waals surface area contributed by atoms with Gasteiger partial charge in [-0.1, -0.05) is 28.1 Å². The molecule has 1 aliphatic rings. The van der Waals surface area contributed by atoms with Crippen LogP contribution in [0.3, 0.4) is 0 Å². The van der Waals surface area contributed by atoms with Crippen LogP contribution in [-0.2, 0) is 6.54 Å². The van der Waals surface area contributed by atoms with Gasteiger partial charge < -0.3 is 14.8 Å². The second-order valence-electron chi connectivity index (χ2n) is 7.85. The maximum absolute atomic E-state index is 5.86. The van der Waals surface area contributed by atoms with Crippen molar-refractivity contribution in [3.8, 4) is 0 Å². The van der Waals surface area contributed by atoms with Crippen molar-refractivity contribution in [2.45, 2.75) is 25.6 Å². The minimum Gasteiger partial charge on any atom is -0.351 e. The number of hydrogen-bond acceptors (Lipinski definition) is 3. The molecule has 1 saturated heterocycles. The van der Waals surface area contributed by atoms with Gasteiger partial charge in [0.25, 0.3) is 0 Å². The van der Waals surface area contributed by atoms with Crippen molar-refractivity contribution in [1.29, 1.82) is 0 Å². The maximum atomic E-state index is 5.86. The summed E-state index contributed by atoms with van der Waals surface area (Å²) in [6.45, 7) is 2.83. The second kappa shape index (κ2) is 8.84. The summed E-state index contributed by atoms with van der Waals surface area (Å²) >= 11 is 9.47. The predicted molar refractivity (Wildman–Crippen MR) is 135 cm³/mol. The van der Waals surface area contributed by atoms with E-state index in [0.29, 0.717) is 5.11 Å². The Bertz CT molecular complexity index is 1240. The topological polar surface area (TPSA) is 46.0 Å². The number of benzene rings is 1. The van der Waals surface area contributed by atoms with Crippen molar-refractivity contribution < 1.29 is 0 Å². The highest BCUT2D eigenvalue weighted by Crippen LogP contribution is 2.42. The lowest BCUT2D eigenvalue weighted by atomic mass is 10.0. The molecule has 3 aromatic heterocycles.